The van der Waals surface area contributed by atoms with Crippen LogP contribution >= 0.6 is 0 Å². The van der Waals surface area contributed by atoms with Gasteiger partial charge < -0.3 is 23.7 Å². The number of ether oxygens (including phenoxy) is 5. The van der Waals surface area contributed by atoms with Crippen LogP contribution in [0.5, 0.6) is 0 Å². The van der Waals surface area contributed by atoms with Crippen molar-refractivity contribution < 1.29 is 28.5 Å². The number of fused-ring (bicyclic) bond motifs is 4. The van der Waals surface area contributed by atoms with Gasteiger partial charge in [0, 0.05) is 18.1 Å². The van der Waals surface area contributed by atoms with Crippen LogP contribution in [0.3, 0.4) is 0 Å². The highest BCUT2D eigenvalue weighted by Crippen LogP contribution is 2.83. The first-order chi connectivity index (χ1) is 12.9. The van der Waals surface area contributed by atoms with Crippen LogP contribution in [0.2, 0.25) is 0 Å². The van der Waals surface area contributed by atoms with Crippen molar-refractivity contribution in [2.75, 3.05) is 13.7 Å². The predicted octanol–water partition coefficient (Wildman–Crippen LogP) is 1.76. The second-order valence-electron chi connectivity index (χ2n) is 10.1. The van der Waals surface area contributed by atoms with Gasteiger partial charge in [-0.15, -0.1) is 0 Å². The van der Waals surface area contributed by atoms with Crippen LogP contribution in [0, 0.1) is 17.3 Å². The first-order valence-corrected chi connectivity index (χ1v) is 10.3. The Hall–Kier alpha value is -0.950. The van der Waals surface area contributed by atoms with Crippen molar-refractivity contribution in [3.05, 3.63) is 11.1 Å². The lowest BCUT2D eigenvalue weighted by atomic mass is 9.46. The molecule has 0 aromatic rings. The molecule has 0 N–H and O–H groups in total. The molecule has 0 bridgehead atoms. The summed E-state index contributed by atoms with van der Waals surface area (Å²) in [5, 5.41) is 0. The fourth-order valence-electron chi connectivity index (χ4n) is 8.02. The van der Waals surface area contributed by atoms with Crippen molar-refractivity contribution >= 4 is 5.97 Å². The van der Waals surface area contributed by atoms with E-state index in [0.717, 1.165) is 24.8 Å². The van der Waals surface area contributed by atoms with E-state index in [1.165, 1.54) is 5.57 Å². The zero-order valence-corrected chi connectivity index (χ0v) is 16.2. The first-order valence-electron chi connectivity index (χ1n) is 10.3. The summed E-state index contributed by atoms with van der Waals surface area (Å²) in [7, 11) is 1.79. The van der Waals surface area contributed by atoms with Gasteiger partial charge in [-0.1, -0.05) is 20.8 Å². The molecule has 0 amide bonds. The molecule has 9 atom stereocenters. The Kier molecular flexibility index (Phi) is 2.45. The second kappa shape index (κ2) is 4.16. The average Bonchev–Trinajstić information content (AvgIpc) is 3.52. The third-order valence-electron chi connectivity index (χ3n) is 9.30. The Morgan fingerprint density at radius 1 is 1.19 bits per heavy atom. The van der Waals surface area contributed by atoms with Crippen molar-refractivity contribution in [2.45, 2.75) is 81.3 Å². The molecule has 0 aromatic carbocycles. The van der Waals surface area contributed by atoms with Gasteiger partial charge in [-0.25, -0.2) is 4.79 Å². The molecule has 5 fully saturated rings. The van der Waals surface area contributed by atoms with Crippen molar-refractivity contribution in [3.8, 4) is 0 Å². The summed E-state index contributed by atoms with van der Waals surface area (Å²) < 4.78 is 31.1. The first kappa shape index (κ1) is 15.9. The second-order valence-corrected chi connectivity index (χ2v) is 10.1. The lowest BCUT2D eigenvalue weighted by Gasteiger charge is -2.53. The third-order valence-corrected chi connectivity index (χ3v) is 9.30. The lowest BCUT2D eigenvalue weighted by Crippen LogP contribution is -2.69. The van der Waals surface area contributed by atoms with Crippen LogP contribution in [-0.4, -0.2) is 60.9 Å². The summed E-state index contributed by atoms with van der Waals surface area (Å²) in [4.78, 5) is 12.1. The highest BCUT2D eigenvalue weighted by Gasteiger charge is 3.00. The average molecular weight is 374 g/mol. The summed E-state index contributed by atoms with van der Waals surface area (Å²) in [6, 6.07) is 0. The van der Waals surface area contributed by atoms with E-state index in [2.05, 4.69) is 20.8 Å². The Bertz CT molecular complexity index is 835. The molecule has 4 heterocycles. The van der Waals surface area contributed by atoms with Crippen LogP contribution in [0.15, 0.2) is 11.1 Å². The van der Waals surface area contributed by atoms with E-state index < -0.39 is 5.60 Å². The van der Waals surface area contributed by atoms with Gasteiger partial charge in [0.2, 0.25) is 0 Å². The van der Waals surface area contributed by atoms with E-state index in [-0.39, 0.29) is 52.9 Å². The molecule has 1 unspecified atom stereocenters. The highest BCUT2D eigenvalue weighted by molar-refractivity contribution is 5.92. The topological polar surface area (TPSA) is 73.1 Å². The molecule has 4 aliphatic heterocycles. The predicted molar refractivity (Wildman–Crippen MR) is 91.9 cm³/mol. The minimum atomic E-state index is -0.406. The van der Waals surface area contributed by atoms with Crippen molar-refractivity contribution in [2.24, 2.45) is 17.3 Å². The number of cyclic esters (lactones) is 1. The SMILES string of the molecule is CO[C@@H]1[C@@]2(C(C)C)O[C@H]2[C@@H]2O[C@@]23[C@@]2(C)CCC4=C(COC4=O)[C@@H]2CC2O[C@]213. The number of hydrogen-bond donors (Lipinski definition) is 0. The Morgan fingerprint density at radius 3 is 2.74 bits per heavy atom. The van der Waals surface area contributed by atoms with E-state index in [0.29, 0.717) is 12.5 Å². The maximum Gasteiger partial charge on any atom is 0.334 e. The molecule has 6 nitrogen and oxygen atoms in total. The van der Waals surface area contributed by atoms with E-state index in [4.69, 9.17) is 23.7 Å². The third kappa shape index (κ3) is 1.30. The summed E-state index contributed by atoms with van der Waals surface area (Å²) >= 11 is 0. The molecular weight excluding hydrogens is 348 g/mol. The van der Waals surface area contributed by atoms with Crippen LogP contribution in [0.4, 0.5) is 0 Å². The number of esters is 1. The molecule has 7 aliphatic rings. The normalized spacial score (nSPS) is 61.2. The van der Waals surface area contributed by atoms with Gasteiger partial charge in [0.05, 0.1) is 6.10 Å². The molecule has 27 heavy (non-hydrogen) atoms. The van der Waals surface area contributed by atoms with Gasteiger partial charge in [0.25, 0.3) is 0 Å². The van der Waals surface area contributed by atoms with Gasteiger partial charge in [0.1, 0.15) is 36.1 Å². The van der Waals surface area contributed by atoms with Gasteiger partial charge in [-0.2, -0.15) is 0 Å². The lowest BCUT2D eigenvalue weighted by molar-refractivity contribution is -0.136. The standard InChI is InChI=1S/C21H26O6/c1-9(2)19-14(26-19)15-21(27-15)18(3)6-5-10-11(8-24-16(10)22)12(18)7-13-20(21,25-13)17(19)23-4/h9,12-15,17H,5-8H2,1-4H3/t12-,13?,14-,15-,17+,18-,19-,20+,21+/m0/s1. The van der Waals surface area contributed by atoms with Gasteiger partial charge in [-0.3, -0.25) is 0 Å². The summed E-state index contributed by atoms with van der Waals surface area (Å²) in [6.07, 6.45) is 2.79. The Labute approximate surface area is 158 Å². The molecule has 0 radical (unpaired) electrons. The molecule has 146 valence electrons. The molecular formula is C21H26O6. The minimum absolute atomic E-state index is 0.0734. The molecule has 2 saturated carbocycles. The maximum absolute atomic E-state index is 12.1. The van der Waals surface area contributed by atoms with Gasteiger partial charge in [-0.05, 0) is 36.7 Å². The number of epoxide rings is 3. The number of carbonyl (C=O) groups is 1. The largest absolute Gasteiger partial charge is 0.458 e. The fraction of sp³-hybridized carbons (Fsp3) is 0.857. The van der Waals surface area contributed by atoms with E-state index in [1.54, 1.807) is 7.11 Å². The molecule has 3 saturated heterocycles. The van der Waals surface area contributed by atoms with E-state index in [9.17, 15) is 4.79 Å². The smallest absolute Gasteiger partial charge is 0.334 e. The molecule has 2 spiro atoms. The summed E-state index contributed by atoms with van der Waals surface area (Å²) in [5.41, 5.74) is 0.978. The molecule has 7 rings (SSSR count). The molecule has 6 heteroatoms. The number of rotatable bonds is 2. The van der Waals surface area contributed by atoms with E-state index in [1.807, 2.05) is 0 Å². The maximum atomic E-state index is 12.1. The van der Waals surface area contributed by atoms with Crippen molar-refractivity contribution in [1.29, 1.82) is 0 Å². The van der Waals surface area contributed by atoms with Gasteiger partial charge in [0.15, 0.2) is 5.60 Å². The monoisotopic (exact) mass is 374 g/mol. The number of carbonyl (C=O) groups excluding carboxylic acids is 1. The summed E-state index contributed by atoms with van der Waals surface area (Å²) in [6.45, 7) is 7.21. The van der Waals surface area contributed by atoms with Crippen LogP contribution in [0.25, 0.3) is 0 Å². The number of hydrogen-bond acceptors (Lipinski definition) is 6. The number of methoxy groups -OCH3 is 1. The minimum Gasteiger partial charge on any atom is -0.458 e. The Balaban J connectivity index is 1.39. The van der Waals surface area contributed by atoms with Crippen LogP contribution in [0.1, 0.15) is 40.0 Å². The van der Waals surface area contributed by atoms with Crippen LogP contribution in [-0.2, 0) is 28.5 Å². The van der Waals surface area contributed by atoms with Crippen molar-refractivity contribution in [3.63, 3.8) is 0 Å². The van der Waals surface area contributed by atoms with Crippen molar-refractivity contribution in [1.82, 2.24) is 0 Å². The fourth-order valence-corrected chi connectivity index (χ4v) is 8.02. The van der Waals surface area contributed by atoms with Gasteiger partial charge >= 0.3 is 5.97 Å². The molecule has 3 aliphatic carbocycles. The quantitative estimate of drug-likeness (QED) is 0.542. The zero-order chi connectivity index (χ0) is 18.6. The van der Waals surface area contributed by atoms with Crippen LogP contribution < -0.4 is 0 Å². The zero-order valence-electron chi connectivity index (χ0n) is 16.2. The van der Waals surface area contributed by atoms with E-state index >= 15 is 0 Å². The Morgan fingerprint density at radius 2 is 2.00 bits per heavy atom. The summed E-state index contributed by atoms with van der Waals surface area (Å²) in [5.74, 6) is 0.510. The highest BCUT2D eigenvalue weighted by atomic mass is 16.8. The molecule has 0 aromatic heterocycles.